The lowest BCUT2D eigenvalue weighted by Crippen LogP contribution is -2.22. The average molecular weight is 238 g/mol. The minimum atomic E-state index is -0.471. The van der Waals surface area contributed by atoms with Crippen molar-refractivity contribution in [1.29, 1.82) is 0 Å². The van der Waals surface area contributed by atoms with Crippen molar-refractivity contribution >= 4 is 11.5 Å². The Balaban J connectivity index is 2.50. The summed E-state index contributed by atoms with van der Waals surface area (Å²) in [5.74, 6) is 0.843. The Hall–Kier alpha value is -2.15. The monoisotopic (exact) mass is 238 g/mol. The van der Waals surface area contributed by atoms with Gasteiger partial charge in [-0.2, -0.15) is 0 Å². The summed E-state index contributed by atoms with van der Waals surface area (Å²) in [5.41, 5.74) is 10.8. The number of nitro groups is 1. The molecule has 1 rings (SSSR count). The lowest BCUT2D eigenvalue weighted by Gasteiger charge is -2.05. The minimum Gasteiger partial charge on any atom is -0.486 e. The number of aliphatic imine (C=N–C) groups is 1. The number of non-ortho nitro benzene ring substituents is 1. The maximum atomic E-state index is 10.4. The van der Waals surface area contributed by atoms with Gasteiger partial charge in [0.05, 0.1) is 11.5 Å². The normalized spacial score (nSPS) is 11.2. The van der Waals surface area contributed by atoms with Crippen LogP contribution in [0.15, 0.2) is 29.3 Å². The van der Waals surface area contributed by atoms with Gasteiger partial charge in [0.1, 0.15) is 18.2 Å². The number of ether oxygens (including phenoxy) is 1. The van der Waals surface area contributed by atoms with Gasteiger partial charge in [-0.1, -0.05) is 0 Å². The third kappa shape index (κ3) is 4.47. The van der Waals surface area contributed by atoms with E-state index in [9.17, 15) is 10.1 Å². The lowest BCUT2D eigenvalue weighted by atomic mass is 10.3. The second-order valence-corrected chi connectivity index (χ2v) is 3.20. The lowest BCUT2D eigenvalue weighted by molar-refractivity contribution is -0.384. The molecule has 17 heavy (non-hydrogen) atoms. The minimum absolute atomic E-state index is 0.0159. The van der Waals surface area contributed by atoms with Crippen LogP contribution in [-0.2, 0) is 0 Å². The maximum absolute atomic E-state index is 10.4. The Morgan fingerprint density at radius 3 is 2.59 bits per heavy atom. The maximum Gasteiger partial charge on any atom is 0.269 e. The molecule has 92 valence electrons. The van der Waals surface area contributed by atoms with Crippen molar-refractivity contribution in [3.8, 4) is 5.75 Å². The highest BCUT2D eigenvalue weighted by Crippen LogP contribution is 2.16. The van der Waals surface area contributed by atoms with Gasteiger partial charge in [-0.15, -0.1) is 0 Å². The molecule has 0 amide bonds. The molecular formula is C10H14N4O3. The third-order valence-electron chi connectivity index (χ3n) is 1.88. The summed E-state index contributed by atoms with van der Waals surface area (Å²) < 4.78 is 5.28. The average Bonchev–Trinajstić information content (AvgIpc) is 2.34. The van der Waals surface area contributed by atoms with Gasteiger partial charge in [-0.3, -0.25) is 15.1 Å². The van der Waals surface area contributed by atoms with Crippen LogP contribution in [0.4, 0.5) is 5.69 Å². The summed E-state index contributed by atoms with van der Waals surface area (Å²) in [4.78, 5) is 13.9. The van der Waals surface area contributed by atoms with Crippen molar-refractivity contribution in [3.63, 3.8) is 0 Å². The van der Waals surface area contributed by atoms with Crippen LogP contribution in [0.5, 0.6) is 5.75 Å². The first kappa shape index (κ1) is 12.9. The standard InChI is InChI=1S/C10H14N4O3/c11-5-6-13-10(12)7-17-9-3-1-8(2-4-9)14(15)16/h1-4H,5-7,11H2,(H2,12,13). The molecule has 0 saturated carbocycles. The topological polar surface area (TPSA) is 117 Å². The van der Waals surface area contributed by atoms with E-state index in [0.717, 1.165) is 0 Å². The van der Waals surface area contributed by atoms with Gasteiger partial charge in [0.2, 0.25) is 0 Å². The van der Waals surface area contributed by atoms with Gasteiger partial charge in [0.25, 0.3) is 5.69 Å². The van der Waals surface area contributed by atoms with Crippen molar-refractivity contribution in [3.05, 3.63) is 34.4 Å². The Kier molecular flexibility index (Phi) is 4.89. The highest BCUT2D eigenvalue weighted by molar-refractivity contribution is 5.81. The first-order valence-corrected chi connectivity index (χ1v) is 4.99. The Labute approximate surface area is 98.2 Å². The fourth-order valence-electron chi connectivity index (χ4n) is 1.08. The number of nitrogens with zero attached hydrogens (tertiary/aromatic N) is 2. The fraction of sp³-hybridized carbons (Fsp3) is 0.300. The van der Waals surface area contributed by atoms with E-state index < -0.39 is 4.92 Å². The van der Waals surface area contributed by atoms with E-state index in [1.165, 1.54) is 24.3 Å². The highest BCUT2D eigenvalue weighted by atomic mass is 16.6. The molecule has 0 atom stereocenters. The van der Waals surface area contributed by atoms with Crippen molar-refractivity contribution in [2.45, 2.75) is 0 Å². The zero-order chi connectivity index (χ0) is 12.7. The number of hydrogen-bond donors (Lipinski definition) is 2. The van der Waals surface area contributed by atoms with Crippen molar-refractivity contribution in [1.82, 2.24) is 0 Å². The van der Waals surface area contributed by atoms with Gasteiger partial charge in [-0.05, 0) is 12.1 Å². The molecule has 4 N–H and O–H groups in total. The third-order valence-corrected chi connectivity index (χ3v) is 1.88. The molecule has 0 aliphatic rings. The predicted molar refractivity (Wildman–Crippen MR) is 64.1 cm³/mol. The molecule has 0 aromatic heterocycles. The highest BCUT2D eigenvalue weighted by Gasteiger charge is 2.04. The van der Waals surface area contributed by atoms with Crippen LogP contribution < -0.4 is 16.2 Å². The van der Waals surface area contributed by atoms with Gasteiger partial charge >= 0.3 is 0 Å². The number of rotatable bonds is 6. The number of benzene rings is 1. The first-order valence-electron chi connectivity index (χ1n) is 4.99. The number of nitro benzene ring substituents is 1. The van der Waals surface area contributed by atoms with Gasteiger partial charge in [0.15, 0.2) is 0 Å². The summed E-state index contributed by atoms with van der Waals surface area (Å²) in [6.45, 7) is 1.02. The summed E-state index contributed by atoms with van der Waals surface area (Å²) in [7, 11) is 0. The summed E-state index contributed by atoms with van der Waals surface area (Å²) in [5, 5.41) is 10.4. The van der Waals surface area contributed by atoms with Crippen LogP contribution in [0.3, 0.4) is 0 Å². The molecule has 0 aliphatic heterocycles. The van der Waals surface area contributed by atoms with Gasteiger partial charge in [-0.25, -0.2) is 0 Å². The Morgan fingerprint density at radius 1 is 1.41 bits per heavy atom. The van der Waals surface area contributed by atoms with Crippen LogP contribution in [0.25, 0.3) is 0 Å². The summed E-state index contributed by atoms with van der Waals surface area (Å²) in [6.07, 6.45) is 0. The SMILES string of the molecule is NCCN=C(N)COc1ccc([N+](=O)[O-])cc1. The molecule has 7 nitrogen and oxygen atoms in total. The molecule has 0 bridgehead atoms. The molecular weight excluding hydrogens is 224 g/mol. The largest absolute Gasteiger partial charge is 0.486 e. The Morgan fingerprint density at radius 2 is 2.06 bits per heavy atom. The molecule has 0 heterocycles. The zero-order valence-corrected chi connectivity index (χ0v) is 9.20. The van der Waals surface area contributed by atoms with E-state index in [0.29, 0.717) is 24.7 Å². The molecule has 0 fully saturated rings. The Bertz CT molecular complexity index is 403. The van der Waals surface area contributed by atoms with Crippen LogP contribution in [0, 0.1) is 10.1 Å². The molecule has 0 spiro atoms. The van der Waals surface area contributed by atoms with Crippen molar-refractivity contribution in [2.24, 2.45) is 16.5 Å². The van der Waals surface area contributed by atoms with E-state index in [4.69, 9.17) is 16.2 Å². The fourth-order valence-corrected chi connectivity index (χ4v) is 1.08. The van der Waals surface area contributed by atoms with E-state index in [1.807, 2.05) is 0 Å². The zero-order valence-electron chi connectivity index (χ0n) is 9.20. The van der Waals surface area contributed by atoms with Crippen LogP contribution >= 0.6 is 0 Å². The number of amidine groups is 1. The first-order chi connectivity index (χ1) is 8.13. The quantitative estimate of drug-likeness (QED) is 0.319. The predicted octanol–water partition coefficient (Wildman–Crippen LogP) is 0.289. The molecule has 0 unspecified atom stereocenters. The van der Waals surface area contributed by atoms with Gasteiger partial charge in [0, 0.05) is 18.7 Å². The molecule has 1 aromatic carbocycles. The van der Waals surface area contributed by atoms with Crippen LogP contribution in [0.2, 0.25) is 0 Å². The molecule has 1 aromatic rings. The number of hydrogen-bond acceptors (Lipinski definition) is 5. The van der Waals surface area contributed by atoms with Crippen LogP contribution in [0.1, 0.15) is 0 Å². The van der Waals surface area contributed by atoms with Crippen molar-refractivity contribution in [2.75, 3.05) is 19.7 Å². The molecule has 0 saturated heterocycles. The summed E-state index contributed by atoms with van der Waals surface area (Å²) in [6, 6.07) is 5.74. The summed E-state index contributed by atoms with van der Waals surface area (Å²) >= 11 is 0. The van der Waals surface area contributed by atoms with E-state index >= 15 is 0 Å². The van der Waals surface area contributed by atoms with E-state index in [1.54, 1.807) is 0 Å². The molecule has 7 heteroatoms. The second-order valence-electron chi connectivity index (χ2n) is 3.20. The second kappa shape index (κ2) is 6.44. The van der Waals surface area contributed by atoms with E-state index in [-0.39, 0.29) is 12.3 Å². The smallest absolute Gasteiger partial charge is 0.269 e. The number of nitrogens with two attached hydrogens (primary N) is 2. The van der Waals surface area contributed by atoms with E-state index in [2.05, 4.69) is 4.99 Å². The molecule has 0 radical (unpaired) electrons. The van der Waals surface area contributed by atoms with Crippen molar-refractivity contribution < 1.29 is 9.66 Å². The van der Waals surface area contributed by atoms with Gasteiger partial charge < -0.3 is 16.2 Å². The van der Waals surface area contributed by atoms with Crippen LogP contribution in [-0.4, -0.2) is 30.5 Å². The molecule has 0 aliphatic carbocycles.